The SMILES string of the molecule is O=C(O)Cc1nc(-c2cn[nH]c2)no1. The second-order valence-electron chi connectivity index (χ2n) is 2.57. The van der Waals surface area contributed by atoms with Gasteiger partial charge >= 0.3 is 5.97 Å². The van der Waals surface area contributed by atoms with E-state index in [2.05, 4.69) is 20.3 Å². The Labute approximate surface area is 77.8 Å². The molecule has 7 nitrogen and oxygen atoms in total. The van der Waals surface area contributed by atoms with Crippen molar-refractivity contribution in [2.75, 3.05) is 0 Å². The zero-order valence-corrected chi connectivity index (χ0v) is 6.97. The van der Waals surface area contributed by atoms with Crippen molar-refractivity contribution >= 4 is 5.97 Å². The average molecular weight is 194 g/mol. The quantitative estimate of drug-likeness (QED) is 0.717. The molecule has 72 valence electrons. The Morgan fingerprint density at radius 1 is 1.64 bits per heavy atom. The molecule has 2 aromatic rings. The van der Waals surface area contributed by atoms with Crippen LogP contribution in [0.25, 0.3) is 11.4 Å². The van der Waals surface area contributed by atoms with Crippen LogP contribution >= 0.6 is 0 Å². The summed E-state index contributed by atoms with van der Waals surface area (Å²) in [5.74, 6) is -0.601. The molecule has 0 spiro atoms. The number of aromatic amines is 1. The Morgan fingerprint density at radius 2 is 2.50 bits per heavy atom. The molecule has 0 aliphatic rings. The molecule has 2 rings (SSSR count). The Bertz CT molecular complexity index is 433. The van der Waals surface area contributed by atoms with E-state index in [0.29, 0.717) is 11.4 Å². The molecule has 2 N–H and O–H groups in total. The van der Waals surface area contributed by atoms with E-state index in [-0.39, 0.29) is 12.3 Å². The van der Waals surface area contributed by atoms with Gasteiger partial charge in [-0.1, -0.05) is 5.16 Å². The van der Waals surface area contributed by atoms with Gasteiger partial charge in [0.25, 0.3) is 0 Å². The highest BCUT2D eigenvalue weighted by Crippen LogP contribution is 2.12. The van der Waals surface area contributed by atoms with Crippen molar-refractivity contribution < 1.29 is 14.4 Å². The highest BCUT2D eigenvalue weighted by atomic mass is 16.5. The molecule has 0 saturated carbocycles. The van der Waals surface area contributed by atoms with Gasteiger partial charge in [0.05, 0.1) is 11.8 Å². The molecule has 2 aromatic heterocycles. The topological polar surface area (TPSA) is 105 Å². The number of H-pyrrole nitrogens is 1. The van der Waals surface area contributed by atoms with Crippen molar-refractivity contribution in [3.8, 4) is 11.4 Å². The fourth-order valence-electron chi connectivity index (χ4n) is 0.946. The van der Waals surface area contributed by atoms with Gasteiger partial charge in [0.2, 0.25) is 11.7 Å². The van der Waals surface area contributed by atoms with Gasteiger partial charge in [0.15, 0.2) is 0 Å². The number of aliphatic carboxylic acids is 1. The van der Waals surface area contributed by atoms with Crippen LogP contribution in [0.5, 0.6) is 0 Å². The number of nitrogens with zero attached hydrogens (tertiary/aromatic N) is 3. The lowest BCUT2D eigenvalue weighted by molar-refractivity contribution is -0.136. The van der Waals surface area contributed by atoms with Crippen molar-refractivity contribution in [1.82, 2.24) is 20.3 Å². The normalized spacial score (nSPS) is 10.3. The van der Waals surface area contributed by atoms with Gasteiger partial charge in [-0.3, -0.25) is 9.89 Å². The molecule has 0 aliphatic carbocycles. The monoisotopic (exact) mass is 194 g/mol. The molecule has 0 aromatic carbocycles. The highest BCUT2D eigenvalue weighted by Gasteiger charge is 2.11. The van der Waals surface area contributed by atoms with Gasteiger partial charge in [0.1, 0.15) is 6.42 Å². The van der Waals surface area contributed by atoms with Crippen molar-refractivity contribution in [1.29, 1.82) is 0 Å². The van der Waals surface area contributed by atoms with Crippen molar-refractivity contribution in [3.05, 3.63) is 18.3 Å². The second-order valence-corrected chi connectivity index (χ2v) is 2.57. The number of carbonyl (C=O) groups is 1. The van der Waals surface area contributed by atoms with Crippen LogP contribution in [-0.4, -0.2) is 31.4 Å². The maximum Gasteiger partial charge on any atom is 0.312 e. The van der Waals surface area contributed by atoms with E-state index >= 15 is 0 Å². The van der Waals surface area contributed by atoms with Crippen molar-refractivity contribution in [3.63, 3.8) is 0 Å². The predicted octanol–water partition coefficient (Wildman–Crippen LogP) is 0.0868. The highest BCUT2D eigenvalue weighted by molar-refractivity contribution is 5.69. The summed E-state index contributed by atoms with van der Waals surface area (Å²) < 4.78 is 4.72. The first-order chi connectivity index (χ1) is 6.75. The lowest BCUT2D eigenvalue weighted by Crippen LogP contribution is -1.99. The molecule has 0 fully saturated rings. The predicted molar refractivity (Wildman–Crippen MR) is 43.2 cm³/mol. The number of carboxylic acids is 1. The Balaban J connectivity index is 2.22. The van der Waals surface area contributed by atoms with Gasteiger partial charge in [-0.05, 0) is 0 Å². The molecule has 0 aliphatic heterocycles. The van der Waals surface area contributed by atoms with Crippen molar-refractivity contribution in [2.24, 2.45) is 0 Å². The van der Waals surface area contributed by atoms with Crippen LogP contribution in [-0.2, 0) is 11.2 Å². The number of aromatic nitrogens is 4. The fourth-order valence-corrected chi connectivity index (χ4v) is 0.946. The molecule has 0 saturated heterocycles. The summed E-state index contributed by atoms with van der Waals surface area (Å²) in [5, 5.41) is 18.4. The third-order valence-electron chi connectivity index (χ3n) is 1.53. The minimum absolute atomic E-state index is 0.0775. The van der Waals surface area contributed by atoms with E-state index in [1.807, 2.05) is 0 Å². The summed E-state index contributed by atoms with van der Waals surface area (Å²) in [7, 11) is 0. The Kier molecular flexibility index (Phi) is 1.98. The minimum atomic E-state index is -1.01. The van der Waals surface area contributed by atoms with Crippen LogP contribution in [0.4, 0.5) is 0 Å². The lowest BCUT2D eigenvalue weighted by Gasteiger charge is -1.83. The molecule has 14 heavy (non-hydrogen) atoms. The lowest BCUT2D eigenvalue weighted by atomic mass is 10.3. The van der Waals surface area contributed by atoms with E-state index in [1.165, 1.54) is 6.20 Å². The molecule has 0 atom stereocenters. The largest absolute Gasteiger partial charge is 0.481 e. The number of carboxylic acid groups (broad SMARTS) is 1. The van der Waals surface area contributed by atoms with Crippen LogP contribution in [0.2, 0.25) is 0 Å². The molecule has 0 bridgehead atoms. The van der Waals surface area contributed by atoms with Crippen molar-refractivity contribution in [2.45, 2.75) is 6.42 Å². The van der Waals surface area contributed by atoms with Crippen LogP contribution in [0.15, 0.2) is 16.9 Å². The fraction of sp³-hybridized carbons (Fsp3) is 0.143. The Morgan fingerprint density at radius 3 is 3.14 bits per heavy atom. The number of rotatable bonds is 3. The molecule has 2 heterocycles. The van der Waals surface area contributed by atoms with Crippen LogP contribution < -0.4 is 0 Å². The Hall–Kier alpha value is -2.18. The van der Waals surface area contributed by atoms with E-state index in [9.17, 15) is 4.79 Å². The zero-order chi connectivity index (χ0) is 9.97. The summed E-state index contributed by atoms with van der Waals surface area (Å²) in [4.78, 5) is 14.2. The van der Waals surface area contributed by atoms with Crippen LogP contribution in [0, 0.1) is 0 Å². The molecule has 0 radical (unpaired) electrons. The summed E-state index contributed by atoms with van der Waals surface area (Å²) in [6.45, 7) is 0. The molecule has 7 heteroatoms. The first kappa shape index (κ1) is 8.42. The zero-order valence-electron chi connectivity index (χ0n) is 6.97. The summed E-state index contributed by atoms with van der Waals surface area (Å²) >= 11 is 0. The number of nitrogens with one attached hydrogen (secondary N) is 1. The number of hydrogen-bond donors (Lipinski definition) is 2. The van der Waals surface area contributed by atoms with E-state index in [4.69, 9.17) is 9.63 Å². The molecule has 0 unspecified atom stereocenters. The van der Waals surface area contributed by atoms with E-state index in [1.54, 1.807) is 6.20 Å². The van der Waals surface area contributed by atoms with Gasteiger partial charge in [-0.2, -0.15) is 10.1 Å². The third kappa shape index (κ3) is 1.60. The van der Waals surface area contributed by atoms with Crippen LogP contribution in [0.3, 0.4) is 0 Å². The summed E-state index contributed by atoms with van der Waals surface area (Å²) in [6, 6.07) is 0. The average Bonchev–Trinajstić information content (AvgIpc) is 2.69. The first-order valence-corrected chi connectivity index (χ1v) is 3.79. The van der Waals surface area contributed by atoms with Gasteiger partial charge < -0.3 is 9.63 Å². The third-order valence-corrected chi connectivity index (χ3v) is 1.53. The summed E-state index contributed by atoms with van der Waals surface area (Å²) in [5.41, 5.74) is 0.658. The summed E-state index contributed by atoms with van der Waals surface area (Å²) in [6.07, 6.45) is 2.84. The van der Waals surface area contributed by atoms with Gasteiger partial charge in [-0.15, -0.1) is 0 Å². The maximum absolute atomic E-state index is 10.3. The molecular weight excluding hydrogens is 188 g/mol. The van der Waals surface area contributed by atoms with E-state index in [0.717, 1.165) is 0 Å². The van der Waals surface area contributed by atoms with Gasteiger partial charge in [0, 0.05) is 6.20 Å². The minimum Gasteiger partial charge on any atom is -0.481 e. The maximum atomic E-state index is 10.3. The first-order valence-electron chi connectivity index (χ1n) is 3.79. The second kappa shape index (κ2) is 3.29. The number of hydrogen-bond acceptors (Lipinski definition) is 5. The molecular formula is C7H6N4O3. The standard InChI is InChI=1S/C7H6N4O3/c12-6(13)1-5-10-7(11-14-5)4-2-8-9-3-4/h2-3H,1H2,(H,8,9)(H,12,13). The van der Waals surface area contributed by atoms with Gasteiger partial charge in [-0.25, -0.2) is 0 Å². The van der Waals surface area contributed by atoms with E-state index < -0.39 is 5.97 Å². The molecule has 0 amide bonds. The smallest absolute Gasteiger partial charge is 0.312 e. The van der Waals surface area contributed by atoms with Crippen LogP contribution in [0.1, 0.15) is 5.89 Å².